The summed E-state index contributed by atoms with van der Waals surface area (Å²) < 4.78 is 48.0. The third-order valence-corrected chi connectivity index (χ3v) is 6.07. The molecule has 33 heavy (non-hydrogen) atoms. The second kappa shape index (κ2) is 10.4. The molecule has 9 heteroatoms. The zero-order valence-corrected chi connectivity index (χ0v) is 19.3. The average molecular weight is 473 g/mol. The zero-order chi connectivity index (χ0) is 24.0. The summed E-state index contributed by atoms with van der Waals surface area (Å²) in [7, 11) is -2.51. The van der Waals surface area contributed by atoms with Crippen LogP contribution >= 0.6 is 0 Å². The summed E-state index contributed by atoms with van der Waals surface area (Å²) in [6, 6.07) is 17.4. The molecular weight excluding hydrogens is 447 g/mol. The van der Waals surface area contributed by atoms with E-state index in [1.807, 2.05) is 13.8 Å². The molecule has 0 atom stereocenters. The Bertz CT molecular complexity index is 1180. The number of carbonyl (C=O) groups excluding carboxylic acids is 1. The van der Waals surface area contributed by atoms with Gasteiger partial charge in [-0.2, -0.15) is 8.42 Å². The van der Waals surface area contributed by atoms with E-state index in [1.54, 1.807) is 48.4 Å². The Morgan fingerprint density at radius 3 is 2.06 bits per heavy atom. The number of urea groups is 1. The molecule has 3 rings (SSSR count). The van der Waals surface area contributed by atoms with E-state index in [0.717, 1.165) is 29.8 Å². The number of rotatable bonds is 8. The van der Waals surface area contributed by atoms with Gasteiger partial charge >= 0.3 is 16.1 Å². The van der Waals surface area contributed by atoms with E-state index in [1.165, 1.54) is 12.1 Å². The quantitative estimate of drug-likeness (QED) is 0.464. The first-order valence-electron chi connectivity index (χ1n) is 10.2. The number of amides is 2. The summed E-state index contributed by atoms with van der Waals surface area (Å²) in [5.41, 5.74) is 1.43. The highest BCUT2D eigenvalue weighted by molar-refractivity contribution is 7.87. The Labute approximate surface area is 192 Å². The van der Waals surface area contributed by atoms with Crippen molar-refractivity contribution in [3.05, 3.63) is 84.2 Å². The van der Waals surface area contributed by atoms with Gasteiger partial charge < -0.3 is 19.1 Å². The van der Waals surface area contributed by atoms with E-state index in [2.05, 4.69) is 5.32 Å². The minimum atomic E-state index is -4.08. The number of carbonyl (C=O) groups is 1. The lowest BCUT2D eigenvalue weighted by atomic mass is 10.2. The van der Waals surface area contributed by atoms with Gasteiger partial charge in [0.1, 0.15) is 22.2 Å². The Kier molecular flexibility index (Phi) is 7.55. The second-order valence-corrected chi connectivity index (χ2v) is 9.06. The molecule has 0 fully saturated rings. The lowest BCUT2D eigenvalue weighted by Gasteiger charge is -2.27. The van der Waals surface area contributed by atoms with Crippen LogP contribution in [-0.4, -0.2) is 32.5 Å². The zero-order valence-electron chi connectivity index (χ0n) is 18.5. The van der Waals surface area contributed by atoms with Crippen molar-refractivity contribution in [2.75, 3.05) is 12.4 Å². The van der Waals surface area contributed by atoms with Crippen LogP contribution in [0.4, 0.5) is 14.9 Å². The van der Waals surface area contributed by atoms with Gasteiger partial charge in [-0.05, 0) is 80.1 Å². The molecule has 0 aliphatic heterocycles. The molecular formula is C24H25FN2O5S. The van der Waals surface area contributed by atoms with Crippen LogP contribution in [0.3, 0.4) is 0 Å². The summed E-state index contributed by atoms with van der Waals surface area (Å²) >= 11 is 0. The van der Waals surface area contributed by atoms with Crippen LogP contribution in [0.1, 0.15) is 19.4 Å². The Morgan fingerprint density at radius 2 is 1.52 bits per heavy atom. The number of halogens is 1. The highest BCUT2D eigenvalue weighted by Gasteiger charge is 2.19. The largest absolute Gasteiger partial charge is 0.497 e. The Morgan fingerprint density at radius 1 is 0.939 bits per heavy atom. The molecule has 0 bridgehead atoms. The molecule has 1 N–H and O–H groups in total. The minimum absolute atomic E-state index is 0.0852. The fourth-order valence-corrected chi connectivity index (χ4v) is 3.91. The standard InChI is InChI=1S/C24H25FN2O5S/c1-17(2)27(24(28)26-20-8-12-21(31-3)13-9-20)16-18-4-10-22(11-5-18)32-33(29,30)23-14-6-19(25)7-15-23/h4-15,17H,16H2,1-3H3,(H,26,28). The lowest BCUT2D eigenvalue weighted by Crippen LogP contribution is -2.39. The molecule has 0 heterocycles. The van der Waals surface area contributed by atoms with Gasteiger partial charge in [0.05, 0.1) is 7.11 Å². The number of hydrogen-bond donors (Lipinski definition) is 1. The number of nitrogens with one attached hydrogen (secondary N) is 1. The van der Waals surface area contributed by atoms with Crippen molar-refractivity contribution in [1.29, 1.82) is 0 Å². The summed E-state index contributed by atoms with van der Waals surface area (Å²) in [6.07, 6.45) is 0. The van der Waals surface area contributed by atoms with E-state index in [9.17, 15) is 17.6 Å². The first-order valence-corrected chi connectivity index (χ1v) is 11.6. The molecule has 7 nitrogen and oxygen atoms in total. The Balaban J connectivity index is 1.66. The van der Waals surface area contributed by atoms with Crippen LogP contribution in [0.15, 0.2) is 77.7 Å². The molecule has 0 radical (unpaired) electrons. The van der Waals surface area contributed by atoms with Crippen molar-refractivity contribution in [3.63, 3.8) is 0 Å². The summed E-state index contributed by atoms with van der Waals surface area (Å²) in [4.78, 5) is 14.3. The van der Waals surface area contributed by atoms with Crippen molar-refractivity contribution >= 4 is 21.8 Å². The maximum atomic E-state index is 13.0. The van der Waals surface area contributed by atoms with Crippen molar-refractivity contribution in [1.82, 2.24) is 4.90 Å². The van der Waals surface area contributed by atoms with Gasteiger partial charge in [0.2, 0.25) is 0 Å². The van der Waals surface area contributed by atoms with Gasteiger partial charge in [0.25, 0.3) is 0 Å². The fraction of sp³-hybridized carbons (Fsp3) is 0.208. The van der Waals surface area contributed by atoms with E-state index >= 15 is 0 Å². The number of anilines is 1. The summed E-state index contributed by atoms with van der Waals surface area (Å²) in [5.74, 6) is 0.267. The lowest BCUT2D eigenvalue weighted by molar-refractivity contribution is 0.193. The molecule has 0 saturated carbocycles. The van der Waals surface area contributed by atoms with Crippen LogP contribution in [0.2, 0.25) is 0 Å². The van der Waals surface area contributed by atoms with Crippen LogP contribution in [0.25, 0.3) is 0 Å². The average Bonchev–Trinajstić information content (AvgIpc) is 2.79. The van der Waals surface area contributed by atoms with Gasteiger partial charge in [0, 0.05) is 18.3 Å². The number of nitrogens with zero attached hydrogens (tertiary/aromatic N) is 1. The molecule has 0 saturated heterocycles. The van der Waals surface area contributed by atoms with Crippen LogP contribution in [-0.2, 0) is 16.7 Å². The van der Waals surface area contributed by atoms with E-state index in [4.69, 9.17) is 8.92 Å². The highest BCUT2D eigenvalue weighted by Crippen LogP contribution is 2.21. The van der Waals surface area contributed by atoms with E-state index in [0.29, 0.717) is 18.0 Å². The van der Waals surface area contributed by atoms with Gasteiger partial charge in [0.15, 0.2) is 0 Å². The number of ether oxygens (including phenoxy) is 1. The molecule has 3 aromatic rings. The smallest absolute Gasteiger partial charge is 0.339 e. The predicted molar refractivity (Wildman–Crippen MR) is 123 cm³/mol. The van der Waals surface area contributed by atoms with Crippen molar-refractivity contribution in [2.45, 2.75) is 31.3 Å². The molecule has 174 valence electrons. The third-order valence-electron chi connectivity index (χ3n) is 4.81. The van der Waals surface area contributed by atoms with Crippen molar-refractivity contribution < 1.29 is 26.5 Å². The predicted octanol–water partition coefficient (Wildman–Crippen LogP) is 5.04. The van der Waals surface area contributed by atoms with E-state index in [-0.39, 0.29) is 22.7 Å². The molecule has 3 aromatic carbocycles. The van der Waals surface area contributed by atoms with Gasteiger partial charge in [-0.1, -0.05) is 12.1 Å². The maximum Gasteiger partial charge on any atom is 0.339 e. The van der Waals surface area contributed by atoms with Crippen LogP contribution in [0.5, 0.6) is 11.5 Å². The summed E-state index contributed by atoms with van der Waals surface area (Å²) in [6.45, 7) is 4.12. The van der Waals surface area contributed by atoms with Gasteiger partial charge in [-0.15, -0.1) is 0 Å². The van der Waals surface area contributed by atoms with Gasteiger partial charge in [-0.25, -0.2) is 9.18 Å². The maximum absolute atomic E-state index is 13.0. The van der Waals surface area contributed by atoms with Crippen molar-refractivity contribution in [2.24, 2.45) is 0 Å². The summed E-state index contributed by atoms with van der Waals surface area (Å²) in [5, 5.41) is 2.86. The first-order chi connectivity index (χ1) is 15.7. The molecule has 2 amide bonds. The topological polar surface area (TPSA) is 84.9 Å². The highest BCUT2D eigenvalue weighted by atomic mass is 32.2. The molecule has 0 aromatic heterocycles. The SMILES string of the molecule is COc1ccc(NC(=O)N(Cc2ccc(OS(=O)(=O)c3ccc(F)cc3)cc2)C(C)C)cc1. The number of methoxy groups -OCH3 is 1. The van der Waals surface area contributed by atoms with E-state index < -0.39 is 15.9 Å². The van der Waals surface area contributed by atoms with Crippen LogP contribution in [0, 0.1) is 5.82 Å². The molecule has 0 unspecified atom stereocenters. The molecule has 0 aliphatic rings. The van der Waals surface area contributed by atoms with Gasteiger partial charge in [-0.3, -0.25) is 0 Å². The number of benzene rings is 3. The second-order valence-electron chi connectivity index (χ2n) is 7.52. The normalized spacial score (nSPS) is 11.2. The fourth-order valence-electron chi connectivity index (χ4n) is 2.98. The Hall–Kier alpha value is -3.59. The van der Waals surface area contributed by atoms with Crippen molar-refractivity contribution in [3.8, 4) is 11.5 Å². The molecule has 0 spiro atoms. The first kappa shape index (κ1) is 24.1. The number of hydrogen-bond acceptors (Lipinski definition) is 5. The third kappa shape index (κ3) is 6.45. The monoisotopic (exact) mass is 472 g/mol. The molecule has 0 aliphatic carbocycles. The minimum Gasteiger partial charge on any atom is -0.497 e. The van der Waals surface area contributed by atoms with Crippen LogP contribution < -0.4 is 14.2 Å².